The molecule has 1 aliphatic rings. The highest BCUT2D eigenvalue weighted by Crippen LogP contribution is 2.34. The predicted molar refractivity (Wildman–Crippen MR) is 145 cm³/mol. The number of nitrogens with one attached hydrogen (secondary N) is 2. The second-order valence-electron chi connectivity index (χ2n) is 8.82. The summed E-state index contributed by atoms with van der Waals surface area (Å²) in [6.45, 7) is 7.88. The van der Waals surface area contributed by atoms with Gasteiger partial charge in [-0.05, 0) is 48.8 Å². The topological polar surface area (TPSA) is 82.6 Å². The van der Waals surface area contributed by atoms with E-state index in [2.05, 4.69) is 44.0 Å². The number of likely N-dealkylation sites (N-methyl/N-ethyl adjacent to an activating group) is 1. The van der Waals surface area contributed by atoms with Crippen LogP contribution in [-0.4, -0.2) is 58.9 Å². The van der Waals surface area contributed by atoms with E-state index in [0.717, 1.165) is 30.9 Å². The summed E-state index contributed by atoms with van der Waals surface area (Å²) in [5, 5.41) is 7.73. The lowest BCUT2D eigenvalue weighted by Crippen LogP contribution is -2.44. The Balaban J connectivity index is 1.33. The predicted octanol–water partition coefficient (Wildman–Crippen LogP) is 5.24. The van der Waals surface area contributed by atoms with Crippen LogP contribution in [0, 0.1) is 5.82 Å². The number of carbonyl (C=O) groups is 1. The molecule has 1 aliphatic heterocycles. The average molecular weight is 519 g/mol. The highest BCUT2D eigenvalue weighted by Gasteiger charge is 2.17. The van der Waals surface area contributed by atoms with Crippen LogP contribution in [0.4, 0.5) is 21.7 Å². The van der Waals surface area contributed by atoms with Gasteiger partial charge in [-0.2, -0.15) is 4.98 Å². The van der Waals surface area contributed by atoms with Crippen LogP contribution in [0.1, 0.15) is 5.56 Å². The van der Waals surface area contributed by atoms with Crippen LogP contribution in [0.5, 0.6) is 11.6 Å². The van der Waals surface area contributed by atoms with Crippen LogP contribution >= 0.6 is 11.3 Å². The second kappa shape index (κ2) is 11.0. The molecule has 3 heterocycles. The van der Waals surface area contributed by atoms with Gasteiger partial charge in [0, 0.05) is 55.7 Å². The summed E-state index contributed by atoms with van der Waals surface area (Å²) in [6, 6.07) is 14.0. The number of rotatable bonds is 8. The molecule has 0 aliphatic carbocycles. The molecule has 2 aromatic carbocycles. The van der Waals surface area contributed by atoms with E-state index in [9.17, 15) is 9.18 Å². The van der Waals surface area contributed by atoms with Gasteiger partial charge in [-0.25, -0.2) is 9.37 Å². The van der Waals surface area contributed by atoms with Crippen molar-refractivity contribution in [2.75, 3.05) is 43.9 Å². The zero-order valence-corrected chi connectivity index (χ0v) is 21.2. The van der Waals surface area contributed by atoms with E-state index in [1.54, 1.807) is 30.3 Å². The molecule has 4 aromatic rings. The molecule has 0 radical (unpaired) electrons. The summed E-state index contributed by atoms with van der Waals surface area (Å²) in [7, 11) is 2.10. The Bertz CT molecular complexity index is 1430. The summed E-state index contributed by atoms with van der Waals surface area (Å²) in [5.41, 5.74) is 2.50. The molecular weight excluding hydrogens is 491 g/mol. The zero-order valence-electron chi connectivity index (χ0n) is 20.4. The van der Waals surface area contributed by atoms with Gasteiger partial charge in [0.1, 0.15) is 16.3 Å². The minimum absolute atomic E-state index is 0.268. The van der Waals surface area contributed by atoms with Crippen molar-refractivity contribution in [2.24, 2.45) is 0 Å². The molecule has 0 unspecified atom stereocenters. The molecule has 1 fully saturated rings. The molecule has 0 bridgehead atoms. The summed E-state index contributed by atoms with van der Waals surface area (Å²) in [4.78, 5) is 25.3. The summed E-state index contributed by atoms with van der Waals surface area (Å²) in [6.07, 6.45) is 1.20. The van der Waals surface area contributed by atoms with Crippen LogP contribution in [0.2, 0.25) is 0 Å². The average Bonchev–Trinajstić information content (AvgIpc) is 3.36. The molecule has 5 rings (SSSR count). The number of benzene rings is 2. The number of thiophene rings is 1. The third-order valence-electron chi connectivity index (χ3n) is 6.07. The fraction of sp³-hybridized carbons (Fsp3) is 0.222. The van der Waals surface area contributed by atoms with Crippen molar-refractivity contribution < 1.29 is 13.9 Å². The monoisotopic (exact) mass is 518 g/mol. The van der Waals surface area contributed by atoms with Crippen LogP contribution in [0.25, 0.3) is 10.2 Å². The van der Waals surface area contributed by atoms with Crippen molar-refractivity contribution in [2.45, 2.75) is 6.54 Å². The van der Waals surface area contributed by atoms with E-state index >= 15 is 0 Å². The lowest BCUT2D eigenvalue weighted by molar-refractivity contribution is -0.111. The molecule has 10 heteroatoms. The van der Waals surface area contributed by atoms with Crippen LogP contribution in [0.3, 0.4) is 0 Å². The van der Waals surface area contributed by atoms with E-state index in [1.165, 1.54) is 23.5 Å². The molecule has 1 saturated heterocycles. The standard InChI is InChI=1S/C27H27FN6O2S/c1-3-24(35)29-19-5-4-6-21(15-19)36-26-25-23(9-14-37-25)31-27(32-26)30-20-8-7-18(22(28)16-20)17-34-12-10-33(2)11-13-34/h3-9,14-16H,1,10-13,17H2,2H3,(H,29,35)(H,30,31,32). The zero-order chi connectivity index (χ0) is 25.8. The summed E-state index contributed by atoms with van der Waals surface area (Å²) >= 11 is 1.46. The van der Waals surface area contributed by atoms with Gasteiger partial charge < -0.3 is 20.3 Å². The van der Waals surface area contributed by atoms with Crippen molar-refractivity contribution in [3.8, 4) is 11.6 Å². The molecule has 2 N–H and O–H groups in total. The largest absolute Gasteiger partial charge is 0.437 e. The van der Waals surface area contributed by atoms with Gasteiger partial charge in [0.25, 0.3) is 0 Å². The number of halogens is 1. The van der Waals surface area contributed by atoms with E-state index in [4.69, 9.17) is 4.74 Å². The van der Waals surface area contributed by atoms with E-state index < -0.39 is 0 Å². The Morgan fingerprint density at radius 2 is 1.97 bits per heavy atom. The molecule has 37 heavy (non-hydrogen) atoms. The number of ether oxygens (including phenoxy) is 1. The first-order chi connectivity index (χ1) is 18.0. The first kappa shape index (κ1) is 24.8. The quantitative estimate of drug-likeness (QED) is 0.309. The molecule has 1 amide bonds. The third kappa shape index (κ3) is 6.11. The summed E-state index contributed by atoms with van der Waals surface area (Å²) in [5.74, 6) is 0.578. The maximum Gasteiger partial charge on any atom is 0.247 e. The molecular formula is C27H27FN6O2S. The molecule has 2 aromatic heterocycles. The fourth-order valence-electron chi connectivity index (χ4n) is 4.03. The lowest BCUT2D eigenvalue weighted by atomic mass is 10.1. The maximum atomic E-state index is 14.9. The van der Waals surface area contributed by atoms with Gasteiger partial charge >= 0.3 is 0 Å². The Hall–Kier alpha value is -3.86. The first-order valence-electron chi connectivity index (χ1n) is 11.9. The summed E-state index contributed by atoms with van der Waals surface area (Å²) < 4.78 is 21.8. The number of hydrogen-bond acceptors (Lipinski definition) is 8. The van der Waals surface area contributed by atoms with Crippen molar-refractivity contribution in [1.29, 1.82) is 0 Å². The number of nitrogens with zero attached hydrogens (tertiary/aromatic N) is 4. The minimum atomic E-state index is -0.312. The van der Waals surface area contributed by atoms with Crippen molar-refractivity contribution in [3.05, 3.63) is 77.9 Å². The number of carbonyl (C=O) groups excluding carboxylic acids is 1. The van der Waals surface area contributed by atoms with Crippen molar-refractivity contribution >= 4 is 44.8 Å². The number of fused-ring (bicyclic) bond motifs is 1. The van der Waals surface area contributed by atoms with E-state index in [1.807, 2.05) is 17.5 Å². The number of aromatic nitrogens is 2. The number of amides is 1. The fourth-order valence-corrected chi connectivity index (χ4v) is 4.79. The third-order valence-corrected chi connectivity index (χ3v) is 6.96. The van der Waals surface area contributed by atoms with Crippen molar-refractivity contribution in [1.82, 2.24) is 19.8 Å². The van der Waals surface area contributed by atoms with E-state index in [0.29, 0.717) is 46.6 Å². The van der Waals surface area contributed by atoms with Gasteiger partial charge in [0.05, 0.1) is 5.52 Å². The van der Waals surface area contributed by atoms with E-state index in [-0.39, 0.29) is 11.7 Å². The second-order valence-corrected chi connectivity index (χ2v) is 9.74. The number of piperazine rings is 1. The highest BCUT2D eigenvalue weighted by atomic mass is 32.1. The van der Waals surface area contributed by atoms with Gasteiger partial charge in [0.15, 0.2) is 0 Å². The van der Waals surface area contributed by atoms with Gasteiger partial charge in [-0.15, -0.1) is 11.3 Å². The molecule has 8 nitrogen and oxygen atoms in total. The van der Waals surface area contributed by atoms with Gasteiger partial charge in [-0.3, -0.25) is 9.69 Å². The molecule has 190 valence electrons. The maximum absolute atomic E-state index is 14.9. The van der Waals surface area contributed by atoms with Crippen LogP contribution in [0.15, 0.2) is 66.6 Å². The Morgan fingerprint density at radius 1 is 1.14 bits per heavy atom. The first-order valence-corrected chi connectivity index (χ1v) is 12.8. The van der Waals surface area contributed by atoms with Gasteiger partial charge in [-0.1, -0.05) is 18.7 Å². The molecule has 0 spiro atoms. The molecule has 0 saturated carbocycles. The van der Waals surface area contributed by atoms with Crippen LogP contribution < -0.4 is 15.4 Å². The number of hydrogen-bond donors (Lipinski definition) is 2. The van der Waals surface area contributed by atoms with Gasteiger partial charge in [0.2, 0.25) is 17.7 Å². The Kier molecular flexibility index (Phi) is 7.40. The highest BCUT2D eigenvalue weighted by molar-refractivity contribution is 7.17. The smallest absolute Gasteiger partial charge is 0.247 e. The normalized spacial score (nSPS) is 14.4. The Morgan fingerprint density at radius 3 is 2.76 bits per heavy atom. The SMILES string of the molecule is C=CC(=O)Nc1cccc(Oc2nc(Nc3ccc(CN4CCN(C)CC4)c(F)c3)nc3ccsc23)c1. The number of anilines is 3. The lowest BCUT2D eigenvalue weighted by Gasteiger charge is -2.32. The van der Waals surface area contributed by atoms with Crippen molar-refractivity contribution in [3.63, 3.8) is 0 Å². The minimum Gasteiger partial charge on any atom is -0.437 e. The Labute approximate surface area is 218 Å². The van der Waals surface area contributed by atoms with Crippen LogP contribution in [-0.2, 0) is 11.3 Å². The molecule has 0 atom stereocenters.